The molecule has 1 unspecified atom stereocenters. The first-order chi connectivity index (χ1) is 10.4. The molecule has 2 heteroatoms. The van der Waals surface area contributed by atoms with Crippen LogP contribution in [0.4, 0.5) is 0 Å². The highest BCUT2D eigenvalue weighted by Crippen LogP contribution is 2.26. The number of pyridine rings is 1. The molecule has 2 aromatic carbocycles. The normalized spacial score (nSPS) is 11.8. The Hall–Kier alpha value is -2.74. The maximum absolute atomic E-state index is 12.9. The zero-order valence-electron chi connectivity index (χ0n) is 11.5. The number of nitrogens with zero attached hydrogens (tertiary/aromatic N) is 1. The number of ketones is 1. The quantitative estimate of drug-likeness (QED) is 0.670. The van der Waals surface area contributed by atoms with Crippen molar-refractivity contribution >= 4 is 5.78 Å². The molecule has 0 aliphatic carbocycles. The Labute approximate surface area is 124 Å². The van der Waals surface area contributed by atoms with Crippen LogP contribution in [0, 0.1) is 0 Å². The van der Waals surface area contributed by atoms with Crippen molar-refractivity contribution < 1.29 is 4.79 Å². The van der Waals surface area contributed by atoms with Gasteiger partial charge in [-0.25, -0.2) is 0 Å². The van der Waals surface area contributed by atoms with Crippen LogP contribution in [0.15, 0.2) is 85.1 Å². The molecular weight excluding hydrogens is 258 g/mol. The molecule has 0 saturated carbocycles. The van der Waals surface area contributed by atoms with Crippen LogP contribution in [0.2, 0.25) is 0 Å². The third-order valence-corrected chi connectivity index (χ3v) is 3.44. The van der Waals surface area contributed by atoms with E-state index >= 15 is 0 Å². The van der Waals surface area contributed by atoms with Gasteiger partial charge in [-0.05, 0) is 17.7 Å². The predicted molar refractivity (Wildman–Crippen MR) is 83.3 cm³/mol. The van der Waals surface area contributed by atoms with Gasteiger partial charge in [-0.3, -0.25) is 9.78 Å². The van der Waals surface area contributed by atoms with Gasteiger partial charge in [0, 0.05) is 11.8 Å². The molecule has 0 aliphatic rings. The molecule has 0 aliphatic heterocycles. The van der Waals surface area contributed by atoms with Crippen LogP contribution in [0.25, 0.3) is 0 Å². The topological polar surface area (TPSA) is 30.0 Å². The van der Waals surface area contributed by atoms with Gasteiger partial charge in [0.25, 0.3) is 0 Å². The number of hydrogen-bond donors (Lipinski definition) is 0. The molecular formula is C19H15NO. The zero-order chi connectivity index (χ0) is 14.5. The van der Waals surface area contributed by atoms with Crippen molar-refractivity contribution in [1.29, 1.82) is 0 Å². The molecule has 0 amide bonds. The summed E-state index contributed by atoms with van der Waals surface area (Å²) in [5.41, 5.74) is 2.44. The van der Waals surface area contributed by atoms with Crippen LogP contribution in [0.5, 0.6) is 0 Å². The molecule has 0 saturated heterocycles. The molecule has 1 atom stereocenters. The highest BCUT2D eigenvalue weighted by Gasteiger charge is 2.24. The van der Waals surface area contributed by atoms with E-state index < -0.39 is 0 Å². The number of Topliss-reactive ketones (excluding diaryl/α,β-unsaturated/α-hetero) is 1. The van der Waals surface area contributed by atoms with E-state index in [-0.39, 0.29) is 11.7 Å². The highest BCUT2D eigenvalue weighted by molar-refractivity contribution is 6.02. The number of carbonyl (C=O) groups is 1. The smallest absolute Gasteiger partial charge is 0.176 e. The number of rotatable bonds is 4. The van der Waals surface area contributed by atoms with Crippen molar-refractivity contribution in [2.24, 2.45) is 0 Å². The highest BCUT2D eigenvalue weighted by atomic mass is 16.1. The largest absolute Gasteiger partial charge is 0.293 e. The molecule has 3 aromatic rings. The Morgan fingerprint density at radius 1 is 0.762 bits per heavy atom. The molecule has 0 spiro atoms. The van der Waals surface area contributed by atoms with Gasteiger partial charge in [-0.2, -0.15) is 0 Å². The average molecular weight is 273 g/mol. The van der Waals surface area contributed by atoms with E-state index in [4.69, 9.17) is 0 Å². The Bertz CT molecular complexity index is 669. The van der Waals surface area contributed by atoms with Crippen molar-refractivity contribution in [3.63, 3.8) is 0 Å². The lowest BCUT2D eigenvalue weighted by atomic mass is 9.87. The zero-order valence-corrected chi connectivity index (χ0v) is 11.5. The van der Waals surface area contributed by atoms with Crippen LogP contribution in [0.1, 0.15) is 27.5 Å². The summed E-state index contributed by atoms with van der Waals surface area (Å²) in [5.74, 6) is -0.296. The molecule has 3 rings (SSSR count). The van der Waals surface area contributed by atoms with E-state index in [1.54, 1.807) is 6.20 Å². The average Bonchev–Trinajstić information content (AvgIpc) is 2.58. The second-order valence-corrected chi connectivity index (χ2v) is 4.83. The number of aromatic nitrogens is 1. The van der Waals surface area contributed by atoms with E-state index in [1.807, 2.05) is 78.9 Å². The lowest BCUT2D eigenvalue weighted by Crippen LogP contribution is -2.15. The second-order valence-electron chi connectivity index (χ2n) is 4.83. The van der Waals surface area contributed by atoms with Gasteiger partial charge in [0.15, 0.2) is 5.78 Å². The molecule has 0 bridgehead atoms. The first-order valence-electron chi connectivity index (χ1n) is 6.91. The summed E-state index contributed by atoms with van der Waals surface area (Å²) < 4.78 is 0. The lowest BCUT2D eigenvalue weighted by molar-refractivity contribution is 0.0972. The van der Waals surface area contributed by atoms with Crippen LogP contribution < -0.4 is 0 Å². The summed E-state index contributed by atoms with van der Waals surface area (Å²) in [6, 6.07) is 24.8. The molecule has 21 heavy (non-hydrogen) atoms. The minimum Gasteiger partial charge on any atom is -0.293 e. The lowest BCUT2D eigenvalue weighted by Gasteiger charge is -2.16. The number of benzene rings is 2. The molecule has 102 valence electrons. The Kier molecular flexibility index (Phi) is 3.88. The summed E-state index contributed by atoms with van der Waals surface area (Å²) >= 11 is 0. The molecule has 0 radical (unpaired) electrons. The van der Waals surface area contributed by atoms with E-state index in [9.17, 15) is 4.79 Å². The molecule has 1 aromatic heterocycles. The van der Waals surface area contributed by atoms with Gasteiger partial charge in [-0.15, -0.1) is 0 Å². The monoisotopic (exact) mass is 273 g/mol. The van der Waals surface area contributed by atoms with Gasteiger partial charge in [-0.1, -0.05) is 66.7 Å². The number of carbonyl (C=O) groups excluding carboxylic acids is 1. The summed E-state index contributed by atoms with van der Waals surface area (Å²) in [6.07, 6.45) is 1.73. The molecule has 2 nitrogen and oxygen atoms in total. The van der Waals surface area contributed by atoms with Gasteiger partial charge < -0.3 is 0 Å². The van der Waals surface area contributed by atoms with Gasteiger partial charge >= 0.3 is 0 Å². The third-order valence-electron chi connectivity index (χ3n) is 3.44. The standard InChI is InChI=1S/C19H15NO/c21-19(16-11-5-2-6-12-16)18(15-9-3-1-4-10-15)17-13-7-8-14-20-17/h1-14,18H. The summed E-state index contributed by atoms with van der Waals surface area (Å²) in [7, 11) is 0. The SMILES string of the molecule is O=C(c1ccccc1)C(c1ccccc1)c1ccccn1. The first-order valence-corrected chi connectivity index (χ1v) is 6.91. The van der Waals surface area contributed by atoms with E-state index in [2.05, 4.69) is 4.98 Å². The van der Waals surface area contributed by atoms with Gasteiger partial charge in [0.2, 0.25) is 0 Å². The van der Waals surface area contributed by atoms with Crippen LogP contribution in [-0.2, 0) is 0 Å². The van der Waals surface area contributed by atoms with E-state index in [1.165, 1.54) is 0 Å². The summed E-state index contributed by atoms with van der Waals surface area (Å²) in [4.78, 5) is 17.3. The Balaban J connectivity index is 2.07. The predicted octanol–water partition coefficient (Wildman–Crippen LogP) is 4.10. The maximum Gasteiger partial charge on any atom is 0.176 e. The summed E-state index contributed by atoms with van der Waals surface area (Å²) in [6.45, 7) is 0. The van der Waals surface area contributed by atoms with Gasteiger partial charge in [0.1, 0.15) is 0 Å². The van der Waals surface area contributed by atoms with Crippen molar-refractivity contribution in [3.8, 4) is 0 Å². The maximum atomic E-state index is 12.9. The summed E-state index contributed by atoms with van der Waals surface area (Å²) in [5, 5.41) is 0. The van der Waals surface area contributed by atoms with Gasteiger partial charge in [0.05, 0.1) is 11.6 Å². The van der Waals surface area contributed by atoms with E-state index in [0.717, 1.165) is 11.3 Å². The van der Waals surface area contributed by atoms with Crippen LogP contribution in [-0.4, -0.2) is 10.8 Å². The van der Waals surface area contributed by atoms with Crippen LogP contribution >= 0.6 is 0 Å². The van der Waals surface area contributed by atoms with Crippen molar-refractivity contribution in [2.75, 3.05) is 0 Å². The fourth-order valence-electron chi connectivity index (χ4n) is 2.42. The van der Waals surface area contributed by atoms with Crippen LogP contribution in [0.3, 0.4) is 0 Å². The Morgan fingerprint density at radius 2 is 1.38 bits per heavy atom. The minimum absolute atomic E-state index is 0.0699. The number of hydrogen-bond acceptors (Lipinski definition) is 2. The third kappa shape index (κ3) is 2.90. The molecule has 0 fully saturated rings. The second kappa shape index (κ2) is 6.14. The van der Waals surface area contributed by atoms with Crippen molar-refractivity contribution in [3.05, 3.63) is 102 Å². The molecule has 0 N–H and O–H groups in total. The Morgan fingerprint density at radius 3 is 2.00 bits per heavy atom. The fourth-order valence-corrected chi connectivity index (χ4v) is 2.42. The van der Waals surface area contributed by atoms with Crippen molar-refractivity contribution in [2.45, 2.75) is 5.92 Å². The fraction of sp³-hybridized carbons (Fsp3) is 0.0526. The molecule has 1 heterocycles. The van der Waals surface area contributed by atoms with Crippen molar-refractivity contribution in [1.82, 2.24) is 4.98 Å². The minimum atomic E-state index is -0.366. The first kappa shape index (κ1) is 13.3. The van der Waals surface area contributed by atoms with E-state index in [0.29, 0.717) is 5.56 Å².